The maximum absolute atomic E-state index is 14.7. The van der Waals surface area contributed by atoms with Crippen LogP contribution in [-0.4, -0.2) is 20.6 Å². The molecule has 1 saturated carbocycles. The maximum Gasteiger partial charge on any atom is 0.263 e. The van der Waals surface area contributed by atoms with E-state index >= 15 is 0 Å². The van der Waals surface area contributed by atoms with E-state index in [0.717, 1.165) is 24.5 Å². The molecule has 5 rings (SSSR count). The van der Waals surface area contributed by atoms with Crippen LogP contribution >= 0.6 is 23.2 Å². The number of aromatic hydroxyl groups is 1. The summed E-state index contributed by atoms with van der Waals surface area (Å²) < 4.78 is 16.3. The second-order valence-corrected chi connectivity index (χ2v) is 9.37. The number of nitrogens with zero attached hydrogens (tertiary/aromatic N) is 2. The molecule has 2 atom stereocenters. The standard InChI is InChI=1S/C26H20Cl2FN3O3/c1-13-30-23-19(29)8-9-20(31-25(34)15-11-17(27)24(33)18(28)12-15)22(23)26(35)32(13)21-10-7-16(21)14-5-3-2-4-6-14/h2-6,8-9,11-12,16,21,33H,7,10H2,1H3,(H,31,34)/t16-,21+/m1/s1. The lowest BCUT2D eigenvalue weighted by Gasteiger charge is -2.39. The van der Waals surface area contributed by atoms with Crippen molar-refractivity contribution in [2.24, 2.45) is 0 Å². The minimum absolute atomic E-state index is 0.0152. The van der Waals surface area contributed by atoms with E-state index in [2.05, 4.69) is 10.3 Å². The van der Waals surface area contributed by atoms with Gasteiger partial charge in [0.05, 0.1) is 21.1 Å². The third kappa shape index (κ3) is 4.05. The van der Waals surface area contributed by atoms with Gasteiger partial charge in [-0.1, -0.05) is 53.5 Å². The second-order valence-electron chi connectivity index (χ2n) is 8.56. The number of hydrogen-bond donors (Lipinski definition) is 2. The molecule has 1 aliphatic rings. The van der Waals surface area contributed by atoms with E-state index < -0.39 is 17.3 Å². The highest BCUT2D eigenvalue weighted by Gasteiger charge is 2.36. The Kier molecular flexibility index (Phi) is 5.99. The van der Waals surface area contributed by atoms with Crippen LogP contribution in [0.15, 0.2) is 59.4 Å². The molecule has 0 radical (unpaired) electrons. The third-order valence-corrected chi connectivity index (χ3v) is 7.08. The van der Waals surface area contributed by atoms with Crippen molar-refractivity contribution < 1.29 is 14.3 Å². The van der Waals surface area contributed by atoms with Crippen molar-refractivity contribution in [2.45, 2.75) is 31.7 Å². The fraction of sp³-hybridized carbons (Fsp3) is 0.192. The number of carbonyl (C=O) groups is 1. The highest BCUT2D eigenvalue weighted by Crippen LogP contribution is 2.46. The lowest BCUT2D eigenvalue weighted by atomic mass is 9.74. The molecule has 4 aromatic rings. The molecule has 1 fully saturated rings. The lowest BCUT2D eigenvalue weighted by Crippen LogP contribution is -2.37. The van der Waals surface area contributed by atoms with Gasteiger partial charge >= 0.3 is 0 Å². The first-order chi connectivity index (χ1) is 16.8. The Hall–Kier alpha value is -3.42. The molecular formula is C26H20Cl2FN3O3. The number of aromatic nitrogens is 2. The van der Waals surface area contributed by atoms with E-state index in [1.54, 1.807) is 11.5 Å². The number of amides is 1. The number of nitrogens with one attached hydrogen (secondary N) is 1. The predicted octanol–water partition coefficient (Wildman–Crippen LogP) is 6.23. The van der Waals surface area contributed by atoms with Gasteiger partial charge in [-0.3, -0.25) is 14.2 Å². The van der Waals surface area contributed by atoms with E-state index in [1.165, 1.54) is 18.2 Å². The number of hydrogen-bond acceptors (Lipinski definition) is 4. The summed E-state index contributed by atoms with van der Waals surface area (Å²) in [5, 5.41) is 12.2. The molecule has 6 nitrogen and oxygen atoms in total. The van der Waals surface area contributed by atoms with Crippen molar-refractivity contribution in [3.63, 3.8) is 0 Å². The molecule has 1 amide bonds. The van der Waals surface area contributed by atoms with Crippen LogP contribution in [0.25, 0.3) is 10.9 Å². The zero-order valence-corrected chi connectivity index (χ0v) is 20.1. The van der Waals surface area contributed by atoms with Crippen LogP contribution in [0.3, 0.4) is 0 Å². The molecule has 0 bridgehead atoms. The van der Waals surface area contributed by atoms with Crippen LogP contribution in [0, 0.1) is 12.7 Å². The van der Waals surface area contributed by atoms with Gasteiger partial charge in [-0.25, -0.2) is 9.37 Å². The fourth-order valence-electron chi connectivity index (χ4n) is 4.64. The van der Waals surface area contributed by atoms with Gasteiger partial charge in [0.2, 0.25) is 0 Å². The number of anilines is 1. The average Bonchev–Trinajstić information content (AvgIpc) is 2.81. The van der Waals surface area contributed by atoms with Gasteiger partial charge in [0.1, 0.15) is 17.2 Å². The minimum atomic E-state index is -0.658. The first-order valence-corrected chi connectivity index (χ1v) is 11.8. The number of carbonyl (C=O) groups excluding carboxylic acids is 1. The fourth-order valence-corrected chi connectivity index (χ4v) is 5.13. The topological polar surface area (TPSA) is 84.2 Å². The first-order valence-electron chi connectivity index (χ1n) is 11.0. The second kappa shape index (κ2) is 8.98. The Labute approximate surface area is 209 Å². The number of phenolic OH excluding ortho intramolecular Hbond substituents is 1. The number of aryl methyl sites for hydroxylation is 1. The molecule has 0 unspecified atom stereocenters. The van der Waals surface area contributed by atoms with E-state index in [9.17, 15) is 19.1 Å². The summed E-state index contributed by atoms with van der Waals surface area (Å²) in [5.74, 6) is -1.08. The van der Waals surface area contributed by atoms with Crippen molar-refractivity contribution in [1.29, 1.82) is 0 Å². The maximum atomic E-state index is 14.7. The van der Waals surface area contributed by atoms with Crippen LogP contribution in [0.2, 0.25) is 10.0 Å². The summed E-state index contributed by atoms with van der Waals surface area (Å²) in [4.78, 5) is 31.1. The molecule has 1 heterocycles. The van der Waals surface area contributed by atoms with Crippen LogP contribution in [-0.2, 0) is 0 Å². The summed E-state index contributed by atoms with van der Waals surface area (Å²) in [6.45, 7) is 1.69. The molecule has 0 aliphatic heterocycles. The van der Waals surface area contributed by atoms with E-state index in [-0.39, 0.29) is 49.9 Å². The van der Waals surface area contributed by atoms with Crippen LogP contribution < -0.4 is 10.9 Å². The largest absolute Gasteiger partial charge is 0.505 e. The molecule has 9 heteroatoms. The summed E-state index contributed by atoms with van der Waals surface area (Å²) in [5.41, 5.74) is 0.782. The zero-order chi connectivity index (χ0) is 24.9. The number of phenols is 1. The van der Waals surface area contributed by atoms with Crippen molar-refractivity contribution in [3.05, 3.63) is 97.8 Å². The molecule has 1 aromatic heterocycles. The van der Waals surface area contributed by atoms with Crippen molar-refractivity contribution >= 4 is 45.7 Å². The molecule has 0 saturated heterocycles. The highest BCUT2D eigenvalue weighted by molar-refractivity contribution is 6.37. The Morgan fingerprint density at radius 3 is 2.43 bits per heavy atom. The van der Waals surface area contributed by atoms with E-state index in [1.807, 2.05) is 30.3 Å². The molecule has 178 valence electrons. The van der Waals surface area contributed by atoms with Gasteiger partial charge in [-0.05, 0) is 49.6 Å². The van der Waals surface area contributed by atoms with Crippen molar-refractivity contribution in [1.82, 2.24) is 9.55 Å². The smallest absolute Gasteiger partial charge is 0.263 e. The monoisotopic (exact) mass is 511 g/mol. The summed E-state index contributed by atoms with van der Waals surface area (Å²) in [6, 6.07) is 14.8. The first kappa shape index (κ1) is 23.3. The average molecular weight is 512 g/mol. The number of rotatable bonds is 4. The minimum Gasteiger partial charge on any atom is -0.505 e. The predicted molar refractivity (Wildman–Crippen MR) is 134 cm³/mol. The summed E-state index contributed by atoms with van der Waals surface area (Å²) in [6.07, 6.45) is 1.71. The lowest BCUT2D eigenvalue weighted by molar-refractivity contribution is 0.102. The van der Waals surface area contributed by atoms with Gasteiger partial charge < -0.3 is 10.4 Å². The third-order valence-electron chi connectivity index (χ3n) is 6.51. The zero-order valence-electron chi connectivity index (χ0n) is 18.6. The summed E-state index contributed by atoms with van der Waals surface area (Å²) in [7, 11) is 0. The molecule has 0 spiro atoms. The van der Waals surface area contributed by atoms with Gasteiger partial charge in [-0.15, -0.1) is 0 Å². The van der Waals surface area contributed by atoms with Gasteiger partial charge in [-0.2, -0.15) is 0 Å². The number of fused-ring (bicyclic) bond motifs is 1. The van der Waals surface area contributed by atoms with Gasteiger partial charge in [0.25, 0.3) is 11.5 Å². The number of halogens is 3. The molecule has 3 aromatic carbocycles. The Bertz CT molecular complexity index is 1520. The Balaban J connectivity index is 1.59. The highest BCUT2D eigenvalue weighted by atomic mass is 35.5. The van der Waals surface area contributed by atoms with Crippen LogP contribution in [0.4, 0.5) is 10.1 Å². The Morgan fingerprint density at radius 1 is 1.11 bits per heavy atom. The van der Waals surface area contributed by atoms with E-state index in [4.69, 9.17) is 23.2 Å². The van der Waals surface area contributed by atoms with Gasteiger partial charge in [0, 0.05) is 17.5 Å². The van der Waals surface area contributed by atoms with E-state index in [0.29, 0.717) is 5.82 Å². The number of benzene rings is 3. The quantitative estimate of drug-likeness (QED) is 0.340. The SMILES string of the molecule is Cc1nc2c(F)ccc(NC(=O)c3cc(Cl)c(O)c(Cl)c3)c2c(=O)n1[C@H]1CC[C@@H]1c1ccccc1. The normalized spacial score (nSPS) is 17.3. The van der Waals surface area contributed by atoms with Crippen molar-refractivity contribution in [2.75, 3.05) is 5.32 Å². The van der Waals surface area contributed by atoms with Crippen LogP contribution in [0.5, 0.6) is 5.75 Å². The van der Waals surface area contributed by atoms with Crippen LogP contribution in [0.1, 0.15) is 46.5 Å². The summed E-state index contributed by atoms with van der Waals surface area (Å²) >= 11 is 11.9. The van der Waals surface area contributed by atoms with Gasteiger partial charge in [0.15, 0.2) is 5.75 Å². The molecule has 1 aliphatic carbocycles. The van der Waals surface area contributed by atoms with Crippen molar-refractivity contribution in [3.8, 4) is 5.75 Å². The molecule has 35 heavy (non-hydrogen) atoms. The molecular weight excluding hydrogens is 492 g/mol. The Morgan fingerprint density at radius 2 is 1.80 bits per heavy atom. The molecule has 2 N–H and O–H groups in total.